The second kappa shape index (κ2) is 10.9. The molecule has 150 valence electrons. The van der Waals surface area contributed by atoms with Crippen molar-refractivity contribution in [3.63, 3.8) is 0 Å². The molecule has 0 saturated heterocycles. The summed E-state index contributed by atoms with van der Waals surface area (Å²) in [4.78, 5) is 23.5. The van der Waals surface area contributed by atoms with Gasteiger partial charge >= 0.3 is 5.97 Å². The van der Waals surface area contributed by atoms with Gasteiger partial charge in [0.2, 0.25) is 0 Å². The zero-order valence-electron chi connectivity index (χ0n) is 15.9. The van der Waals surface area contributed by atoms with Crippen molar-refractivity contribution < 1.29 is 23.8 Å². The third-order valence-corrected chi connectivity index (χ3v) is 4.44. The van der Waals surface area contributed by atoms with Crippen molar-refractivity contribution in [3.05, 3.63) is 63.6 Å². The molecule has 1 amide bonds. The number of nitrogens with one attached hydrogen (secondary N) is 1. The minimum absolute atomic E-state index is 0.0337. The van der Waals surface area contributed by atoms with Crippen molar-refractivity contribution in [3.8, 4) is 17.6 Å². The van der Waals surface area contributed by atoms with Crippen LogP contribution in [0.25, 0.3) is 6.08 Å². The molecule has 0 atom stereocenters. The van der Waals surface area contributed by atoms with Gasteiger partial charge < -0.3 is 19.5 Å². The van der Waals surface area contributed by atoms with Gasteiger partial charge in [-0.1, -0.05) is 18.2 Å². The van der Waals surface area contributed by atoms with E-state index in [0.29, 0.717) is 15.8 Å². The predicted molar refractivity (Wildman–Crippen MR) is 110 cm³/mol. The number of nitrogens with zero attached hydrogens (tertiary/aromatic N) is 1. The second-order valence-corrected chi connectivity index (χ2v) is 6.61. The molecule has 2 aromatic carbocycles. The first kappa shape index (κ1) is 22.0. The molecule has 29 heavy (non-hydrogen) atoms. The van der Waals surface area contributed by atoms with E-state index >= 15 is 0 Å². The van der Waals surface area contributed by atoms with Gasteiger partial charge in [0.05, 0.1) is 18.7 Å². The number of hydrogen-bond donors (Lipinski definition) is 1. The minimum atomic E-state index is -0.499. The first-order chi connectivity index (χ1) is 14.0. The highest BCUT2D eigenvalue weighted by atomic mass is 79.9. The van der Waals surface area contributed by atoms with Crippen molar-refractivity contribution in [2.24, 2.45) is 0 Å². The highest BCUT2D eigenvalue weighted by Gasteiger charge is 2.11. The van der Waals surface area contributed by atoms with E-state index in [9.17, 15) is 14.9 Å². The van der Waals surface area contributed by atoms with E-state index in [0.717, 1.165) is 11.3 Å². The van der Waals surface area contributed by atoms with E-state index in [4.69, 9.17) is 9.47 Å². The average Bonchev–Trinajstić information content (AvgIpc) is 2.75. The van der Waals surface area contributed by atoms with E-state index in [1.54, 1.807) is 37.4 Å². The van der Waals surface area contributed by atoms with Crippen molar-refractivity contribution in [1.29, 1.82) is 5.26 Å². The SMILES string of the molecule is COC(=O)COc1ccc(/C=C(/C#N)C(=O)NCc2ccc(OC)cc2)cc1Br. The summed E-state index contributed by atoms with van der Waals surface area (Å²) in [6, 6.07) is 14.1. The first-order valence-electron chi connectivity index (χ1n) is 8.49. The molecule has 0 aliphatic rings. The Labute approximate surface area is 177 Å². The number of nitriles is 1. The van der Waals surface area contributed by atoms with Gasteiger partial charge in [-0.05, 0) is 57.4 Å². The van der Waals surface area contributed by atoms with Crippen LogP contribution in [-0.4, -0.2) is 32.7 Å². The number of rotatable bonds is 8. The van der Waals surface area contributed by atoms with Crippen LogP contribution in [-0.2, 0) is 20.9 Å². The number of amides is 1. The van der Waals surface area contributed by atoms with Crippen molar-refractivity contribution in [2.45, 2.75) is 6.54 Å². The molecule has 0 unspecified atom stereocenters. The number of halogens is 1. The Morgan fingerprint density at radius 2 is 1.90 bits per heavy atom. The summed E-state index contributed by atoms with van der Waals surface area (Å²) in [6.07, 6.45) is 1.47. The molecule has 0 aliphatic heterocycles. The smallest absolute Gasteiger partial charge is 0.343 e. The maximum absolute atomic E-state index is 12.3. The van der Waals surface area contributed by atoms with Crippen LogP contribution in [0.1, 0.15) is 11.1 Å². The number of hydrogen-bond acceptors (Lipinski definition) is 6. The van der Waals surface area contributed by atoms with Gasteiger partial charge in [0.15, 0.2) is 6.61 Å². The average molecular weight is 459 g/mol. The molecular formula is C21H19BrN2O5. The fraction of sp³-hybridized carbons (Fsp3) is 0.190. The third-order valence-electron chi connectivity index (χ3n) is 3.82. The fourth-order valence-electron chi connectivity index (χ4n) is 2.26. The van der Waals surface area contributed by atoms with Crippen LogP contribution in [0.15, 0.2) is 52.5 Å². The van der Waals surface area contributed by atoms with Gasteiger partial charge in [-0.25, -0.2) is 4.79 Å². The molecule has 1 N–H and O–H groups in total. The summed E-state index contributed by atoms with van der Waals surface area (Å²) in [5.74, 6) is 0.184. The van der Waals surface area contributed by atoms with E-state index in [1.165, 1.54) is 13.2 Å². The van der Waals surface area contributed by atoms with E-state index in [2.05, 4.69) is 26.0 Å². The fourth-order valence-corrected chi connectivity index (χ4v) is 2.77. The third kappa shape index (κ3) is 6.66. The number of esters is 1. The molecule has 0 bridgehead atoms. The lowest BCUT2D eigenvalue weighted by molar-refractivity contribution is -0.142. The first-order valence-corrected chi connectivity index (χ1v) is 9.28. The maximum Gasteiger partial charge on any atom is 0.343 e. The topological polar surface area (TPSA) is 97.7 Å². The van der Waals surface area contributed by atoms with Crippen molar-refractivity contribution in [1.82, 2.24) is 5.32 Å². The number of benzene rings is 2. The van der Waals surface area contributed by atoms with Crippen LogP contribution in [0.2, 0.25) is 0 Å². The molecule has 0 heterocycles. The lowest BCUT2D eigenvalue weighted by atomic mass is 10.1. The second-order valence-electron chi connectivity index (χ2n) is 5.76. The zero-order valence-corrected chi connectivity index (χ0v) is 17.5. The molecule has 2 aromatic rings. The highest BCUT2D eigenvalue weighted by Crippen LogP contribution is 2.27. The van der Waals surface area contributed by atoms with Crippen LogP contribution in [0, 0.1) is 11.3 Å². The van der Waals surface area contributed by atoms with Crippen molar-refractivity contribution >= 4 is 33.9 Å². The zero-order chi connectivity index (χ0) is 21.2. The molecule has 8 heteroatoms. The molecular weight excluding hydrogens is 440 g/mol. The van der Waals surface area contributed by atoms with Crippen LogP contribution in [0.3, 0.4) is 0 Å². The van der Waals surface area contributed by atoms with Gasteiger partial charge in [-0.3, -0.25) is 4.79 Å². The predicted octanol–water partition coefficient (Wildman–Crippen LogP) is 3.23. The Balaban J connectivity index is 2.03. The lowest BCUT2D eigenvalue weighted by Gasteiger charge is -2.08. The quantitative estimate of drug-likeness (QED) is 0.370. The van der Waals surface area contributed by atoms with Crippen molar-refractivity contribution in [2.75, 3.05) is 20.8 Å². The number of carbonyl (C=O) groups is 2. The number of ether oxygens (including phenoxy) is 3. The Hall–Kier alpha value is -3.31. The molecule has 0 aliphatic carbocycles. The van der Waals surface area contributed by atoms with Gasteiger partial charge in [0.25, 0.3) is 5.91 Å². The summed E-state index contributed by atoms with van der Waals surface area (Å²) < 4.78 is 15.5. The molecule has 0 fully saturated rings. The molecule has 0 aromatic heterocycles. The lowest BCUT2D eigenvalue weighted by Crippen LogP contribution is -2.23. The van der Waals surface area contributed by atoms with Crippen LogP contribution < -0.4 is 14.8 Å². The van der Waals surface area contributed by atoms with Crippen LogP contribution >= 0.6 is 15.9 Å². The van der Waals surface area contributed by atoms with Crippen LogP contribution in [0.4, 0.5) is 0 Å². The number of methoxy groups -OCH3 is 2. The molecule has 7 nitrogen and oxygen atoms in total. The minimum Gasteiger partial charge on any atom is -0.497 e. The number of carbonyl (C=O) groups excluding carboxylic acids is 2. The van der Waals surface area contributed by atoms with E-state index in [1.807, 2.05) is 18.2 Å². The summed E-state index contributed by atoms with van der Waals surface area (Å²) in [5, 5.41) is 12.1. The van der Waals surface area contributed by atoms with Gasteiger partial charge in [0.1, 0.15) is 23.1 Å². The maximum atomic E-state index is 12.3. The Morgan fingerprint density at radius 1 is 1.17 bits per heavy atom. The molecule has 0 saturated carbocycles. The molecule has 2 rings (SSSR count). The summed E-state index contributed by atoms with van der Waals surface area (Å²) in [5.41, 5.74) is 1.47. The van der Waals surface area contributed by atoms with E-state index in [-0.39, 0.29) is 18.7 Å². The molecule has 0 spiro atoms. The summed E-state index contributed by atoms with van der Waals surface area (Å²) >= 11 is 3.34. The summed E-state index contributed by atoms with van der Waals surface area (Å²) in [7, 11) is 2.86. The Kier molecular flexibility index (Phi) is 8.25. The van der Waals surface area contributed by atoms with Gasteiger partial charge in [0, 0.05) is 6.54 Å². The molecule has 0 radical (unpaired) electrons. The Morgan fingerprint density at radius 3 is 2.48 bits per heavy atom. The highest BCUT2D eigenvalue weighted by molar-refractivity contribution is 9.10. The van der Waals surface area contributed by atoms with Gasteiger partial charge in [-0.2, -0.15) is 5.26 Å². The van der Waals surface area contributed by atoms with Crippen LogP contribution in [0.5, 0.6) is 11.5 Å². The summed E-state index contributed by atoms with van der Waals surface area (Å²) in [6.45, 7) is 0.0628. The van der Waals surface area contributed by atoms with Gasteiger partial charge in [-0.15, -0.1) is 0 Å². The normalized spacial score (nSPS) is 10.6. The Bertz CT molecular complexity index is 949. The largest absolute Gasteiger partial charge is 0.497 e. The van der Waals surface area contributed by atoms with E-state index < -0.39 is 11.9 Å². The standard InChI is InChI=1S/C21H19BrN2O5/c1-27-17-6-3-14(4-7-17)12-24-21(26)16(11-23)9-15-5-8-19(18(22)10-15)29-13-20(25)28-2/h3-10H,12-13H2,1-2H3,(H,24,26)/b16-9-. The monoisotopic (exact) mass is 458 g/mol.